The molecule has 1 aliphatic rings. The largest absolute Gasteiger partial charge is 0.481 e. The van der Waals surface area contributed by atoms with Crippen molar-refractivity contribution in [3.63, 3.8) is 0 Å². The fourth-order valence-electron chi connectivity index (χ4n) is 2.72. The van der Waals surface area contributed by atoms with Gasteiger partial charge in [-0.1, -0.05) is 29.3 Å². The third-order valence-corrected chi connectivity index (χ3v) is 4.47. The van der Waals surface area contributed by atoms with Gasteiger partial charge in [-0.25, -0.2) is 9.97 Å². The van der Waals surface area contributed by atoms with Gasteiger partial charge in [-0.05, 0) is 24.1 Å². The molecule has 1 unspecified atom stereocenters. The van der Waals surface area contributed by atoms with Gasteiger partial charge in [0.2, 0.25) is 5.88 Å². The molecule has 1 aliphatic heterocycles. The molecule has 0 bridgehead atoms. The van der Waals surface area contributed by atoms with Crippen LogP contribution in [0.2, 0.25) is 10.0 Å². The lowest BCUT2D eigenvalue weighted by Gasteiger charge is -2.18. The number of ether oxygens (including phenoxy) is 1. The Bertz CT molecular complexity index is 683. The first-order chi connectivity index (χ1) is 11.1. The Labute approximate surface area is 145 Å². The number of likely N-dealkylation sites (tertiary alicyclic amines) is 1. The third kappa shape index (κ3) is 4.25. The standard InChI is InChI=1S/C16H18Cl2N4O/c1-23-16-7-15(19-10-20-16)21-13-4-5-22(9-13)8-11-2-3-12(17)6-14(11)18/h2-3,6-7,10,13H,4-5,8-9H2,1H3,(H,19,20,21). The molecule has 0 amide bonds. The van der Waals surface area contributed by atoms with E-state index in [1.807, 2.05) is 12.1 Å². The molecule has 2 heterocycles. The first-order valence-electron chi connectivity index (χ1n) is 7.43. The summed E-state index contributed by atoms with van der Waals surface area (Å²) in [4.78, 5) is 10.6. The molecule has 122 valence electrons. The van der Waals surface area contributed by atoms with Gasteiger partial charge in [0.25, 0.3) is 0 Å². The zero-order chi connectivity index (χ0) is 16.2. The molecule has 1 atom stereocenters. The minimum Gasteiger partial charge on any atom is -0.481 e. The maximum absolute atomic E-state index is 6.25. The minimum atomic E-state index is 0.348. The van der Waals surface area contributed by atoms with Crippen LogP contribution in [0.25, 0.3) is 0 Å². The Kier molecular flexibility index (Phi) is 5.20. The van der Waals surface area contributed by atoms with Crippen LogP contribution in [0.1, 0.15) is 12.0 Å². The summed E-state index contributed by atoms with van der Waals surface area (Å²) < 4.78 is 5.12. The molecule has 1 saturated heterocycles. The van der Waals surface area contributed by atoms with Crippen molar-refractivity contribution in [1.29, 1.82) is 0 Å². The molecular weight excluding hydrogens is 335 g/mol. The molecule has 1 aromatic heterocycles. The van der Waals surface area contributed by atoms with Gasteiger partial charge in [0.15, 0.2) is 0 Å². The minimum absolute atomic E-state index is 0.348. The zero-order valence-electron chi connectivity index (χ0n) is 12.8. The van der Waals surface area contributed by atoms with E-state index in [1.165, 1.54) is 6.33 Å². The normalized spacial score (nSPS) is 18.1. The first kappa shape index (κ1) is 16.3. The number of benzene rings is 1. The van der Waals surface area contributed by atoms with Gasteiger partial charge in [0.05, 0.1) is 7.11 Å². The van der Waals surface area contributed by atoms with Crippen molar-refractivity contribution in [2.24, 2.45) is 0 Å². The van der Waals surface area contributed by atoms with Crippen molar-refractivity contribution in [1.82, 2.24) is 14.9 Å². The summed E-state index contributed by atoms with van der Waals surface area (Å²) in [6.45, 7) is 2.77. The van der Waals surface area contributed by atoms with Gasteiger partial charge in [-0.2, -0.15) is 0 Å². The van der Waals surface area contributed by atoms with E-state index in [4.69, 9.17) is 27.9 Å². The third-order valence-electron chi connectivity index (χ3n) is 3.88. The van der Waals surface area contributed by atoms with Gasteiger partial charge >= 0.3 is 0 Å². The Hall–Kier alpha value is -1.56. The van der Waals surface area contributed by atoms with Crippen molar-refractivity contribution in [2.45, 2.75) is 19.0 Å². The highest BCUT2D eigenvalue weighted by atomic mass is 35.5. The van der Waals surface area contributed by atoms with Crippen LogP contribution in [0.3, 0.4) is 0 Å². The highest BCUT2D eigenvalue weighted by Gasteiger charge is 2.23. The summed E-state index contributed by atoms with van der Waals surface area (Å²) in [7, 11) is 1.60. The van der Waals surface area contributed by atoms with Gasteiger partial charge in [-0.3, -0.25) is 4.90 Å². The van der Waals surface area contributed by atoms with Crippen LogP contribution in [0.5, 0.6) is 5.88 Å². The van der Waals surface area contributed by atoms with E-state index in [0.29, 0.717) is 16.9 Å². The predicted octanol–water partition coefficient (Wildman–Crippen LogP) is 3.48. The summed E-state index contributed by atoms with van der Waals surface area (Å²) in [6, 6.07) is 7.80. The van der Waals surface area contributed by atoms with Crippen molar-refractivity contribution >= 4 is 29.0 Å². The molecule has 1 fully saturated rings. The zero-order valence-corrected chi connectivity index (χ0v) is 14.3. The van der Waals surface area contributed by atoms with Crippen LogP contribution in [-0.4, -0.2) is 41.1 Å². The molecule has 0 radical (unpaired) electrons. The van der Waals surface area contributed by atoms with E-state index in [-0.39, 0.29) is 0 Å². The summed E-state index contributed by atoms with van der Waals surface area (Å²) in [5.41, 5.74) is 1.10. The second kappa shape index (κ2) is 7.34. The molecule has 0 aliphatic carbocycles. The number of nitrogens with zero attached hydrogens (tertiary/aromatic N) is 3. The van der Waals surface area contributed by atoms with Crippen LogP contribution >= 0.6 is 23.2 Å². The molecule has 0 saturated carbocycles. The van der Waals surface area contributed by atoms with Crippen molar-refractivity contribution in [3.05, 3.63) is 46.2 Å². The molecule has 0 spiro atoms. The van der Waals surface area contributed by atoms with Crippen LogP contribution < -0.4 is 10.1 Å². The summed E-state index contributed by atoms with van der Waals surface area (Å²) >= 11 is 12.2. The second-order valence-corrected chi connectivity index (χ2v) is 6.39. The van der Waals surface area contributed by atoms with E-state index >= 15 is 0 Å². The number of hydrogen-bond acceptors (Lipinski definition) is 5. The van der Waals surface area contributed by atoms with Gasteiger partial charge in [0.1, 0.15) is 12.1 Å². The second-order valence-electron chi connectivity index (χ2n) is 5.55. The summed E-state index contributed by atoms with van der Waals surface area (Å²) in [6.07, 6.45) is 2.55. The van der Waals surface area contributed by atoms with Gasteiger partial charge in [0, 0.05) is 41.8 Å². The molecule has 7 heteroatoms. The quantitative estimate of drug-likeness (QED) is 0.892. The maximum atomic E-state index is 6.25. The number of nitrogens with one attached hydrogen (secondary N) is 1. The Morgan fingerprint density at radius 3 is 2.96 bits per heavy atom. The van der Waals surface area contributed by atoms with Crippen molar-refractivity contribution in [2.75, 3.05) is 25.5 Å². The van der Waals surface area contributed by atoms with E-state index in [2.05, 4.69) is 20.2 Å². The van der Waals surface area contributed by atoms with E-state index in [9.17, 15) is 0 Å². The van der Waals surface area contributed by atoms with E-state index in [0.717, 1.165) is 42.5 Å². The van der Waals surface area contributed by atoms with Crippen LogP contribution in [0, 0.1) is 0 Å². The average molecular weight is 353 g/mol. The number of hydrogen-bond donors (Lipinski definition) is 1. The highest BCUT2D eigenvalue weighted by Crippen LogP contribution is 2.24. The number of halogens is 2. The maximum Gasteiger partial charge on any atom is 0.218 e. The van der Waals surface area contributed by atoms with Gasteiger partial charge in [-0.15, -0.1) is 0 Å². The van der Waals surface area contributed by atoms with Gasteiger partial charge < -0.3 is 10.1 Å². The topological polar surface area (TPSA) is 50.3 Å². The number of anilines is 1. The number of aromatic nitrogens is 2. The molecule has 1 N–H and O–H groups in total. The number of rotatable bonds is 5. The number of methoxy groups -OCH3 is 1. The summed E-state index contributed by atoms with van der Waals surface area (Å²) in [5, 5.41) is 4.81. The molecular formula is C16H18Cl2N4O. The monoisotopic (exact) mass is 352 g/mol. The molecule has 3 rings (SSSR count). The first-order valence-corrected chi connectivity index (χ1v) is 8.18. The van der Waals surface area contributed by atoms with E-state index in [1.54, 1.807) is 19.2 Å². The predicted molar refractivity (Wildman–Crippen MR) is 92.4 cm³/mol. The lowest BCUT2D eigenvalue weighted by atomic mass is 10.2. The fraction of sp³-hybridized carbons (Fsp3) is 0.375. The van der Waals surface area contributed by atoms with Crippen molar-refractivity contribution < 1.29 is 4.74 Å². The van der Waals surface area contributed by atoms with E-state index < -0.39 is 0 Å². The van der Waals surface area contributed by atoms with Crippen LogP contribution in [0.15, 0.2) is 30.6 Å². The average Bonchev–Trinajstić information content (AvgIpc) is 2.97. The smallest absolute Gasteiger partial charge is 0.218 e. The summed E-state index contributed by atoms with van der Waals surface area (Å²) in [5.74, 6) is 1.35. The lowest BCUT2D eigenvalue weighted by Crippen LogP contribution is -2.26. The van der Waals surface area contributed by atoms with Crippen LogP contribution in [-0.2, 0) is 6.54 Å². The Morgan fingerprint density at radius 2 is 2.17 bits per heavy atom. The SMILES string of the molecule is COc1cc(NC2CCN(Cc3ccc(Cl)cc3Cl)C2)ncn1. The molecule has 5 nitrogen and oxygen atoms in total. The van der Waals surface area contributed by atoms with Crippen molar-refractivity contribution in [3.8, 4) is 5.88 Å². The molecule has 2 aromatic rings. The molecule has 23 heavy (non-hydrogen) atoms. The highest BCUT2D eigenvalue weighted by molar-refractivity contribution is 6.35. The lowest BCUT2D eigenvalue weighted by molar-refractivity contribution is 0.328. The Balaban J connectivity index is 1.57. The Morgan fingerprint density at radius 1 is 1.30 bits per heavy atom. The molecule has 1 aromatic carbocycles. The van der Waals surface area contributed by atoms with Crippen LogP contribution in [0.4, 0.5) is 5.82 Å². The fourth-order valence-corrected chi connectivity index (χ4v) is 3.19.